The van der Waals surface area contributed by atoms with Gasteiger partial charge in [0.05, 0.1) is 6.54 Å². The highest BCUT2D eigenvalue weighted by atomic mass is 35.5. The van der Waals surface area contributed by atoms with Gasteiger partial charge in [0, 0.05) is 12.5 Å². The van der Waals surface area contributed by atoms with Crippen molar-refractivity contribution < 1.29 is 9.53 Å². The molecule has 0 saturated carbocycles. The van der Waals surface area contributed by atoms with Crippen molar-refractivity contribution in [2.75, 3.05) is 19.7 Å². The smallest absolute Gasteiger partial charge is 0.220 e. The summed E-state index contributed by atoms with van der Waals surface area (Å²) in [5.41, 5.74) is 0. The summed E-state index contributed by atoms with van der Waals surface area (Å²) in [7, 11) is 0. The number of hydrogen-bond acceptors (Lipinski definition) is 3. The molecule has 1 aliphatic rings. The average molecular weight is 299 g/mol. The number of ether oxygens (including phenoxy) is 1. The Labute approximate surface area is 126 Å². The minimum absolute atomic E-state index is 0. The van der Waals surface area contributed by atoms with Crippen LogP contribution in [0.25, 0.3) is 0 Å². The van der Waals surface area contributed by atoms with Gasteiger partial charge < -0.3 is 15.4 Å². The van der Waals surface area contributed by atoms with Gasteiger partial charge in [-0.3, -0.25) is 4.79 Å². The maximum absolute atomic E-state index is 11.6. The number of benzene rings is 1. The van der Waals surface area contributed by atoms with Gasteiger partial charge in [0.1, 0.15) is 12.4 Å². The summed E-state index contributed by atoms with van der Waals surface area (Å²) in [4.78, 5) is 11.6. The standard InChI is InChI=1S/C15H22N2O2.ClH/c18-15(9-8-13-5-4-10-16-13)17-11-12-19-14-6-2-1-3-7-14;/h1-3,6-7,13,16H,4-5,8-12H2,(H,17,18);1H. The van der Waals surface area contributed by atoms with Crippen LogP contribution >= 0.6 is 12.4 Å². The molecule has 1 unspecified atom stereocenters. The zero-order valence-electron chi connectivity index (χ0n) is 11.6. The number of hydrogen-bond donors (Lipinski definition) is 2. The molecule has 1 amide bonds. The van der Waals surface area contributed by atoms with Gasteiger partial charge in [0.25, 0.3) is 0 Å². The molecule has 0 aromatic heterocycles. The molecule has 2 N–H and O–H groups in total. The molecule has 5 heteroatoms. The van der Waals surface area contributed by atoms with Crippen LogP contribution < -0.4 is 15.4 Å². The summed E-state index contributed by atoms with van der Waals surface area (Å²) in [5.74, 6) is 0.956. The maximum Gasteiger partial charge on any atom is 0.220 e. The predicted octanol–water partition coefficient (Wildman–Crippen LogP) is 2.14. The zero-order valence-corrected chi connectivity index (χ0v) is 12.5. The summed E-state index contributed by atoms with van der Waals surface area (Å²) < 4.78 is 5.51. The van der Waals surface area contributed by atoms with E-state index in [0.29, 0.717) is 25.6 Å². The van der Waals surface area contributed by atoms with Crippen molar-refractivity contribution in [3.05, 3.63) is 30.3 Å². The van der Waals surface area contributed by atoms with Crippen LogP contribution in [0.3, 0.4) is 0 Å². The van der Waals surface area contributed by atoms with E-state index < -0.39 is 0 Å². The number of rotatable bonds is 7. The molecular weight excluding hydrogens is 276 g/mol. The SMILES string of the molecule is Cl.O=C(CCC1CCCN1)NCCOc1ccccc1. The molecule has 0 radical (unpaired) electrons. The van der Waals surface area contributed by atoms with E-state index in [-0.39, 0.29) is 18.3 Å². The van der Waals surface area contributed by atoms with Crippen molar-refractivity contribution in [1.29, 1.82) is 0 Å². The first-order chi connectivity index (χ1) is 9.34. The third-order valence-corrected chi connectivity index (χ3v) is 3.32. The molecule has 0 aliphatic carbocycles. The molecule has 1 atom stereocenters. The Balaban J connectivity index is 0.00000200. The molecule has 2 rings (SSSR count). The fraction of sp³-hybridized carbons (Fsp3) is 0.533. The zero-order chi connectivity index (χ0) is 13.3. The van der Waals surface area contributed by atoms with Gasteiger partial charge in [-0.15, -0.1) is 12.4 Å². The first-order valence-corrected chi connectivity index (χ1v) is 7.02. The van der Waals surface area contributed by atoms with E-state index in [2.05, 4.69) is 10.6 Å². The molecule has 0 bridgehead atoms. The summed E-state index contributed by atoms with van der Waals surface area (Å²) in [5, 5.41) is 6.28. The van der Waals surface area contributed by atoms with Crippen molar-refractivity contribution in [3.63, 3.8) is 0 Å². The lowest BCUT2D eigenvalue weighted by Crippen LogP contribution is -2.30. The van der Waals surface area contributed by atoms with Crippen molar-refractivity contribution in [2.45, 2.75) is 31.7 Å². The number of carbonyl (C=O) groups excluding carboxylic acids is 1. The first-order valence-electron chi connectivity index (χ1n) is 7.02. The van der Waals surface area contributed by atoms with E-state index in [0.717, 1.165) is 18.7 Å². The minimum atomic E-state index is 0. The van der Waals surface area contributed by atoms with Gasteiger partial charge in [0.15, 0.2) is 0 Å². The van der Waals surface area contributed by atoms with E-state index in [1.165, 1.54) is 12.8 Å². The highest BCUT2D eigenvalue weighted by Gasteiger charge is 2.14. The van der Waals surface area contributed by atoms with Crippen LogP contribution in [0, 0.1) is 0 Å². The molecule has 1 aromatic rings. The molecule has 20 heavy (non-hydrogen) atoms. The Hall–Kier alpha value is -1.26. The Morgan fingerprint density at radius 2 is 2.15 bits per heavy atom. The monoisotopic (exact) mass is 298 g/mol. The Morgan fingerprint density at radius 3 is 2.85 bits per heavy atom. The first kappa shape index (κ1) is 16.8. The fourth-order valence-corrected chi connectivity index (χ4v) is 2.27. The quantitative estimate of drug-likeness (QED) is 0.758. The average Bonchev–Trinajstić information content (AvgIpc) is 2.96. The summed E-state index contributed by atoms with van der Waals surface area (Å²) in [6.07, 6.45) is 3.97. The van der Waals surface area contributed by atoms with Crippen molar-refractivity contribution in [1.82, 2.24) is 10.6 Å². The van der Waals surface area contributed by atoms with Gasteiger partial charge in [-0.1, -0.05) is 18.2 Å². The van der Waals surface area contributed by atoms with Crippen LogP contribution in [-0.4, -0.2) is 31.6 Å². The fourth-order valence-electron chi connectivity index (χ4n) is 2.27. The Kier molecular flexibility index (Phi) is 8.07. The van der Waals surface area contributed by atoms with E-state index in [4.69, 9.17) is 4.74 Å². The normalized spacial score (nSPS) is 17.3. The van der Waals surface area contributed by atoms with Crippen molar-refractivity contribution in [3.8, 4) is 5.75 Å². The lowest BCUT2D eigenvalue weighted by Gasteiger charge is -2.10. The lowest BCUT2D eigenvalue weighted by molar-refractivity contribution is -0.121. The molecule has 1 aliphatic heterocycles. The van der Waals surface area contributed by atoms with Crippen LogP contribution in [0.5, 0.6) is 5.75 Å². The van der Waals surface area contributed by atoms with Gasteiger partial charge in [0.2, 0.25) is 5.91 Å². The van der Waals surface area contributed by atoms with Crippen LogP contribution in [0.15, 0.2) is 30.3 Å². The van der Waals surface area contributed by atoms with Crippen molar-refractivity contribution >= 4 is 18.3 Å². The molecule has 1 fully saturated rings. The number of halogens is 1. The van der Waals surface area contributed by atoms with E-state index in [9.17, 15) is 4.79 Å². The molecule has 1 aromatic carbocycles. The highest BCUT2D eigenvalue weighted by Crippen LogP contribution is 2.10. The molecule has 1 heterocycles. The number of amides is 1. The molecule has 1 saturated heterocycles. The Bertz CT molecular complexity index is 381. The second-order valence-corrected chi connectivity index (χ2v) is 4.84. The lowest BCUT2D eigenvalue weighted by atomic mass is 10.1. The van der Waals surface area contributed by atoms with Gasteiger partial charge in [-0.2, -0.15) is 0 Å². The van der Waals surface area contributed by atoms with Gasteiger partial charge in [-0.25, -0.2) is 0 Å². The van der Waals surface area contributed by atoms with Crippen LogP contribution in [0.1, 0.15) is 25.7 Å². The minimum Gasteiger partial charge on any atom is -0.492 e. The van der Waals surface area contributed by atoms with Crippen LogP contribution in [0.2, 0.25) is 0 Å². The number of carbonyl (C=O) groups is 1. The summed E-state index contributed by atoms with van der Waals surface area (Å²) in [6.45, 7) is 2.17. The molecular formula is C15H23ClN2O2. The van der Waals surface area contributed by atoms with E-state index in [1.807, 2.05) is 30.3 Å². The number of nitrogens with one attached hydrogen (secondary N) is 2. The third-order valence-electron chi connectivity index (χ3n) is 3.32. The number of para-hydroxylation sites is 1. The Morgan fingerprint density at radius 1 is 1.35 bits per heavy atom. The summed E-state index contributed by atoms with van der Waals surface area (Å²) in [6, 6.07) is 10.2. The summed E-state index contributed by atoms with van der Waals surface area (Å²) >= 11 is 0. The largest absolute Gasteiger partial charge is 0.492 e. The van der Waals surface area contributed by atoms with E-state index >= 15 is 0 Å². The molecule has 112 valence electrons. The maximum atomic E-state index is 11.6. The topological polar surface area (TPSA) is 50.4 Å². The highest BCUT2D eigenvalue weighted by molar-refractivity contribution is 5.85. The predicted molar refractivity (Wildman–Crippen MR) is 82.5 cm³/mol. The van der Waals surface area contributed by atoms with Gasteiger partial charge >= 0.3 is 0 Å². The van der Waals surface area contributed by atoms with Gasteiger partial charge in [-0.05, 0) is 37.9 Å². The van der Waals surface area contributed by atoms with Crippen LogP contribution in [0.4, 0.5) is 0 Å². The second kappa shape index (κ2) is 9.61. The van der Waals surface area contributed by atoms with Crippen molar-refractivity contribution in [2.24, 2.45) is 0 Å². The molecule has 0 spiro atoms. The second-order valence-electron chi connectivity index (χ2n) is 4.84. The third kappa shape index (κ3) is 6.26. The van der Waals surface area contributed by atoms with E-state index in [1.54, 1.807) is 0 Å². The van der Waals surface area contributed by atoms with Crippen LogP contribution in [-0.2, 0) is 4.79 Å². The molecule has 4 nitrogen and oxygen atoms in total.